The minimum atomic E-state index is -2.11. The van der Waals surface area contributed by atoms with E-state index in [2.05, 4.69) is 15.0 Å². The molecule has 0 spiro atoms. The van der Waals surface area contributed by atoms with Crippen molar-refractivity contribution in [2.45, 2.75) is 5.75 Å². The van der Waals surface area contributed by atoms with Crippen molar-refractivity contribution in [1.29, 1.82) is 0 Å². The topological polar surface area (TPSA) is 114 Å². The third-order valence-corrected chi connectivity index (χ3v) is 4.12. The molecule has 8 heteroatoms. The van der Waals surface area contributed by atoms with Gasteiger partial charge in [-0.2, -0.15) is 0 Å². The van der Waals surface area contributed by atoms with Gasteiger partial charge in [-0.3, -0.25) is 4.21 Å². The molecule has 1 unspecified atom stereocenters. The minimum absolute atomic E-state index is 0.0174. The van der Waals surface area contributed by atoms with Crippen LogP contribution in [-0.4, -0.2) is 30.8 Å². The number of ether oxygens (including phenoxy) is 1. The van der Waals surface area contributed by atoms with Crippen LogP contribution in [0.5, 0.6) is 5.88 Å². The van der Waals surface area contributed by atoms with E-state index >= 15 is 0 Å². The van der Waals surface area contributed by atoms with Crippen molar-refractivity contribution in [3.05, 3.63) is 54.4 Å². The maximum absolute atomic E-state index is 10.8. The van der Waals surface area contributed by atoms with Crippen molar-refractivity contribution in [2.24, 2.45) is 0 Å². The van der Waals surface area contributed by atoms with Crippen LogP contribution in [0.3, 0.4) is 0 Å². The quantitative estimate of drug-likeness (QED) is 0.698. The van der Waals surface area contributed by atoms with Crippen molar-refractivity contribution < 1.29 is 13.5 Å². The maximum atomic E-state index is 10.8. The number of hydrogen-bond acceptors (Lipinski definition) is 7. The summed E-state index contributed by atoms with van der Waals surface area (Å²) >= 11 is -2.11. The van der Waals surface area contributed by atoms with Crippen molar-refractivity contribution in [2.75, 3.05) is 12.8 Å². The van der Waals surface area contributed by atoms with E-state index in [1.54, 1.807) is 49.8 Å². The van der Waals surface area contributed by atoms with Crippen LogP contribution >= 0.6 is 0 Å². The van der Waals surface area contributed by atoms with Gasteiger partial charge in [-0.25, -0.2) is 15.0 Å². The fraction of sp³-hybridized carbons (Fsp3) is 0.118. The Hall–Kier alpha value is -2.84. The third kappa shape index (κ3) is 3.98. The zero-order chi connectivity index (χ0) is 17.8. The number of pyridine rings is 1. The Bertz CT molecular complexity index is 899. The van der Waals surface area contributed by atoms with Gasteiger partial charge in [0, 0.05) is 29.1 Å². The normalized spacial score (nSPS) is 11.9. The number of nitrogens with two attached hydrogens (primary N) is 1. The van der Waals surface area contributed by atoms with E-state index in [9.17, 15) is 8.76 Å². The van der Waals surface area contributed by atoms with Crippen molar-refractivity contribution in [3.63, 3.8) is 0 Å². The van der Waals surface area contributed by atoms with Crippen LogP contribution in [0.25, 0.3) is 22.5 Å². The maximum Gasteiger partial charge on any atom is 0.212 e. The molecule has 2 aromatic heterocycles. The molecule has 0 saturated heterocycles. The summed E-state index contributed by atoms with van der Waals surface area (Å²) in [5, 5.41) is 0. The molecule has 0 aliphatic rings. The molecule has 2 heterocycles. The van der Waals surface area contributed by atoms with Gasteiger partial charge in [0.1, 0.15) is 11.5 Å². The van der Waals surface area contributed by atoms with Gasteiger partial charge in [0.05, 0.1) is 19.0 Å². The van der Waals surface area contributed by atoms with E-state index in [4.69, 9.17) is 10.5 Å². The first-order chi connectivity index (χ1) is 12.1. The van der Waals surface area contributed by atoms with Crippen LogP contribution in [0.1, 0.15) is 5.56 Å². The summed E-state index contributed by atoms with van der Waals surface area (Å²) in [7, 11) is 1.54. The van der Waals surface area contributed by atoms with Gasteiger partial charge in [-0.05, 0) is 11.6 Å². The first-order valence-electron chi connectivity index (χ1n) is 7.35. The second-order valence-corrected chi connectivity index (χ2v) is 6.12. The molecule has 7 nitrogen and oxygen atoms in total. The molecule has 0 saturated carbocycles. The Labute approximate surface area is 147 Å². The SMILES string of the molecule is COc1ccc(-c2nc(-c3ccc(CS(=O)[O-])cc3)cnc2N)cn1. The average molecular weight is 355 g/mol. The summed E-state index contributed by atoms with van der Waals surface area (Å²) in [6.45, 7) is 0. The van der Waals surface area contributed by atoms with E-state index in [0.717, 1.165) is 11.1 Å². The molecule has 2 N–H and O–H groups in total. The van der Waals surface area contributed by atoms with Crippen LogP contribution in [0.15, 0.2) is 48.8 Å². The Morgan fingerprint density at radius 3 is 2.40 bits per heavy atom. The summed E-state index contributed by atoms with van der Waals surface area (Å²) in [6, 6.07) is 10.6. The lowest BCUT2D eigenvalue weighted by atomic mass is 10.1. The largest absolute Gasteiger partial charge is 0.772 e. The number of nitrogens with zero attached hydrogens (tertiary/aromatic N) is 3. The Kier molecular flexibility index (Phi) is 5.01. The number of methoxy groups -OCH3 is 1. The van der Waals surface area contributed by atoms with Crippen LogP contribution in [0, 0.1) is 0 Å². The summed E-state index contributed by atoms with van der Waals surface area (Å²) < 4.78 is 26.6. The zero-order valence-corrected chi connectivity index (χ0v) is 14.2. The van der Waals surface area contributed by atoms with E-state index in [1.165, 1.54) is 0 Å². The van der Waals surface area contributed by atoms with Crippen molar-refractivity contribution >= 4 is 16.9 Å². The average Bonchev–Trinajstić information content (AvgIpc) is 2.62. The highest BCUT2D eigenvalue weighted by Crippen LogP contribution is 2.26. The van der Waals surface area contributed by atoms with Gasteiger partial charge < -0.3 is 15.0 Å². The molecule has 0 radical (unpaired) electrons. The van der Waals surface area contributed by atoms with E-state index in [1.807, 2.05) is 6.07 Å². The number of benzene rings is 1. The van der Waals surface area contributed by atoms with E-state index < -0.39 is 11.1 Å². The lowest BCUT2D eigenvalue weighted by molar-refractivity contribution is 0.398. The Balaban J connectivity index is 1.94. The van der Waals surface area contributed by atoms with Crippen molar-refractivity contribution in [1.82, 2.24) is 15.0 Å². The Morgan fingerprint density at radius 1 is 1.08 bits per heavy atom. The van der Waals surface area contributed by atoms with Crippen LogP contribution in [-0.2, 0) is 16.8 Å². The predicted octanol–water partition coefficient (Wildman–Crippen LogP) is 2.18. The first-order valence-corrected chi connectivity index (χ1v) is 8.59. The van der Waals surface area contributed by atoms with Crippen LogP contribution in [0.4, 0.5) is 5.82 Å². The van der Waals surface area contributed by atoms with Gasteiger partial charge >= 0.3 is 0 Å². The molecular formula is C17H15N4O3S-. The highest BCUT2D eigenvalue weighted by molar-refractivity contribution is 7.78. The van der Waals surface area contributed by atoms with Crippen LogP contribution in [0.2, 0.25) is 0 Å². The molecule has 1 atom stereocenters. The number of anilines is 1. The summed E-state index contributed by atoms with van der Waals surface area (Å²) in [5.74, 6) is 0.781. The molecular weight excluding hydrogens is 340 g/mol. The molecule has 0 bridgehead atoms. The van der Waals surface area contributed by atoms with E-state index in [0.29, 0.717) is 28.6 Å². The smallest absolute Gasteiger partial charge is 0.212 e. The number of nitrogen functional groups attached to an aromatic ring is 1. The summed E-state index contributed by atoms with van der Waals surface area (Å²) in [6.07, 6.45) is 3.20. The van der Waals surface area contributed by atoms with Gasteiger partial charge in [0.25, 0.3) is 0 Å². The molecule has 128 valence electrons. The molecule has 25 heavy (non-hydrogen) atoms. The number of rotatable bonds is 5. The second kappa shape index (κ2) is 7.37. The molecule has 0 aliphatic carbocycles. The number of aromatic nitrogens is 3. The molecule has 3 rings (SSSR count). The lowest BCUT2D eigenvalue weighted by Gasteiger charge is -2.09. The van der Waals surface area contributed by atoms with Gasteiger partial charge in [0.15, 0.2) is 0 Å². The van der Waals surface area contributed by atoms with Gasteiger partial charge in [0.2, 0.25) is 5.88 Å². The van der Waals surface area contributed by atoms with Crippen LogP contribution < -0.4 is 10.5 Å². The number of hydrogen-bond donors (Lipinski definition) is 1. The third-order valence-electron chi connectivity index (χ3n) is 3.55. The molecule has 1 aromatic carbocycles. The second-order valence-electron chi connectivity index (χ2n) is 5.22. The standard InChI is InChI=1S/C17H16N4O3S/c1-24-15-7-6-13(8-19-15)16-17(18)20-9-14(21-16)12-4-2-11(3-5-12)10-25(22)23/h2-9H,10H2,1H3,(H2,18,20)(H,22,23)/p-1. The lowest BCUT2D eigenvalue weighted by Crippen LogP contribution is -2.00. The zero-order valence-electron chi connectivity index (χ0n) is 13.4. The highest BCUT2D eigenvalue weighted by atomic mass is 32.2. The fourth-order valence-corrected chi connectivity index (χ4v) is 2.76. The summed E-state index contributed by atoms with van der Waals surface area (Å²) in [5.41, 5.74) is 9.36. The van der Waals surface area contributed by atoms with E-state index in [-0.39, 0.29) is 5.75 Å². The predicted molar refractivity (Wildman–Crippen MR) is 94.3 cm³/mol. The molecule has 3 aromatic rings. The van der Waals surface area contributed by atoms with Crippen molar-refractivity contribution in [3.8, 4) is 28.4 Å². The summed E-state index contributed by atoms with van der Waals surface area (Å²) in [4.78, 5) is 12.9. The van der Waals surface area contributed by atoms with Gasteiger partial charge in [-0.15, -0.1) is 0 Å². The minimum Gasteiger partial charge on any atom is -0.772 e. The highest BCUT2D eigenvalue weighted by Gasteiger charge is 2.10. The monoisotopic (exact) mass is 355 g/mol. The Morgan fingerprint density at radius 2 is 1.80 bits per heavy atom. The fourth-order valence-electron chi connectivity index (χ4n) is 2.30. The van der Waals surface area contributed by atoms with Gasteiger partial charge in [-0.1, -0.05) is 35.3 Å². The molecule has 0 amide bonds. The molecule has 0 aliphatic heterocycles. The molecule has 0 fully saturated rings. The first kappa shape index (κ1) is 17.0.